The number of aromatic nitrogens is 4. The van der Waals surface area contributed by atoms with Gasteiger partial charge in [-0.2, -0.15) is 26.3 Å². The van der Waals surface area contributed by atoms with Gasteiger partial charge in [0.1, 0.15) is 63.8 Å². The summed E-state index contributed by atoms with van der Waals surface area (Å²) in [5.74, 6) is -1.88. The highest BCUT2D eigenvalue weighted by molar-refractivity contribution is 9.10. The van der Waals surface area contributed by atoms with Crippen molar-refractivity contribution in [3.05, 3.63) is 405 Å². The van der Waals surface area contributed by atoms with Gasteiger partial charge in [0, 0.05) is 41.8 Å². The van der Waals surface area contributed by atoms with Crippen LogP contribution in [0, 0.1) is 18.6 Å². The number of ether oxygens (including phenoxy) is 2. The van der Waals surface area contributed by atoms with Crippen molar-refractivity contribution in [3.8, 4) is 34.5 Å². The molecule has 0 atom stereocenters. The third-order valence-electron chi connectivity index (χ3n) is 21.3. The number of hydrogen-bond acceptors (Lipinski definition) is 21. The molecule has 8 heterocycles. The van der Waals surface area contributed by atoms with E-state index in [0.29, 0.717) is 95.3 Å². The number of nitrogens with zero attached hydrogens (tertiary/aromatic N) is 4. The minimum Gasteiger partial charge on any atom is -0.506 e. The van der Waals surface area contributed by atoms with Crippen LogP contribution in [0.5, 0.6) is 34.5 Å². The fourth-order valence-corrected chi connectivity index (χ4v) is 18.0. The van der Waals surface area contributed by atoms with E-state index in [9.17, 15) is 93.9 Å². The van der Waals surface area contributed by atoms with Crippen molar-refractivity contribution in [3.63, 3.8) is 0 Å². The predicted molar refractivity (Wildman–Crippen MR) is 493 cm³/mol. The third-order valence-corrected chi connectivity index (χ3v) is 25.3. The second-order valence-electron chi connectivity index (χ2n) is 29.8. The lowest BCUT2D eigenvalue weighted by Gasteiger charge is -2.16. The molecular formula is C99H65BrF8N4O18S3. The van der Waals surface area contributed by atoms with E-state index in [0.717, 1.165) is 58.1 Å². The Kier molecular flexibility index (Phi) is 25.9. The maximum atomic E-state index is 13.8. The van der Waals surface area contributed by atoms with Gasteiger partial charge in [-0.05, 0) is 179 Å². The summed E-state index contributed by atoms with van der Waals surface area (Å²) in [4.78, 5) is 104. The molecule has 4 N–H and O–H groups in total. The normalized spacial score (nSPS) is 11.6. The van der Waals surface area contributed by atoms with Crippen LogP contribution in [-0.4, -0.2) is 52.9 Å². The molecule has 0 saturated heterocycles. The lowest BCUT2D eigenvalue weighted by molar-refractivity contribution is -0.140. The first-order valence-corrected chi connectivity index (χ1v) is 43.1. The smallest absolute Gasteiger partial charge is 0.417 e. The van der Waals surface area contributed by atoms with Crippen LogP contribution in [0.15, 0.2) is 357 Å². The van der Waals surface area contributed by atoms with Crippen molar-refractivity contribution >= 4 is 139 Å². The van der Waals surface area contributed by atoms with Crippen LogP contribution in [-0.2, 0) is 38.5 Å². The lowest BCUT2D eigenvalue weighted by Crippen LogP contribution is -2.23. The highest BCUT2D eigenvalue weighted by Gasteiger charge is 2.36. The highest BCUT2D eigenvalue weighted by Crippen LogP contribution is 2.45. The van der Waals surface area contributed by atoms with E-state index in [1.807, 2.05) is 61.5 Å². The Morgan fingerprint density at radius 3 is 1.12 bits per heavy atom. The molecule has 19 aromatic rings. The van der Waals surface area contributed by atoms with E-state index >= 15 is 0 Å². The van der Waals surface area contributed by atoms with Crippen molar-refractivity contribution in [2.75, 3.05) is 14.2 Å². The second kappa shape index (κ2) is 37.8. The fourth-order valence-electron chi connectivity index (χ4n) is 15.1. The Hall–Kier alpha value is -15.1. The van der Waals surface area contributed by atoms with Gasteiger partial charge in [0.15, 0.2) is 45.3 Å². The SMILES string of the molecule is COc1cccc(Cn2c(=O)c3c(O)c(Sc4ccc(C)cc4)c(=O)oc3c3ccccc32)c1.COc1ccccc1Cn1c(=O)c2c(O)c(Sc3ccccc3C(F)(F)F)c(=O)oc2c2ccccc21.O=c1oc2c(c(O)c1Br)c(=O)n(Cc1cccc(F)c1)c1ccccc21.O=c1oc2c(c(O)c1Sc1ccc(C(F)(F)F)cc1)c(=O)n(Cc1cccc(F)c1)c1ccccc21. The quantitative estimate of drug-likeness (QED) is 0.0516. The van der Waals surface area contributed by atoms with Crippen molar-refractivity contribution in [2.45, 2.75) is 74.8 Å². The molecule has 0 saturated carbocycles. The Bertz CT molecular complexity index is 8410. The number of methoxy groups -OCH3 is 2. The van der Waals surface area contributed by atoms with Gasteiger partial charge in [0.05, 0.1) is 73.6 Å². The van der Waals surface area contributed by atoms with E-state index in [1.54, 1.807) is 145 Å². The molecule has 133 heavy (non-hydrogen) atoms. The number of rotatable bonds is 16. The fraction of sp³-hybridized carbons (Fsp3) is 0.0909. The zero-order chi connectivity index (χ0) is 94.2. The Morgan fingerprint density at radius 2 is 0.714 bits per heavy atom. The Balaban J connectivity index is 0.000000130. The molecule has 0 amide bonds. The molecule has 0 fully saturated rings. The number of halogens is 9. The van der Waals surface area contributed by atoms with E-state index in [-0.39, 0.29) is 99.9 Å². The number of pyridine rings is 4. The van der Waals surface area contributed by atoms with Crippen LogP contribution in [0.25, 0.3) is 87.5 Å². The number of para-hydroxylation sites is 5. The summed E-state index contributed by atoms with van der Waals surface area (Å²) in [6, 6.07) is 69.7. The number of hydrogen-bond donors (Lipinski definition) is 4. The van der Waals surface area contributed by atoms with Gasteiger partial charge in [0.25, 0.3) is 22.2 Å². The summed E-state index contributed by atoms with van der Waals surface area (Å²) >= 11 is 5.09. The predicted octanol–water partition coefficient (Wildman–Crippen LogP) is 21.3. The van der Waals surface area contributed by atoms with Crippen molar-refractivity contribution < 1.29 is 82.7 Å². The summed E-state index contributed by atoms with van der Waals surface area (Å²) in [6.45, 7) is 2.37. The van der Waals surface area contributed by atoms with Gasteiger partial charge < -0.3 is 65.8 Å². The molecule has 0 aliphatic carbocycles. The highest BCUT2D eigenvalue weighted by atomic mass is 79.9. The van der Waals surface area contributed by atoms with Crippen molar-refractivity contribution in [1.29, 1.82) is 0 Å². The molecular weight excluding hydrogens is 1860 g/mol. The number of aryl methyl sites for hydroxylation is 1. The zero-order valence-electron chi connectivity index (χ0n) is 69.2. The number of benzene rings is 11. The van der Waals surface area contributed by atoms with Crippen LogP contribution in [0.3, 0.4) is 0 Å². The topological polar surface area (TPSA) is 308 Å². The molecule has 19 rings (SSSR count). The largest absolute Gasteiger partial charge is 0.506 e. The van der Waals surface area contributed by atoms with E-state index < -0.39 is 102 Å². The molecule has 0 aliphatic rings. The lowest BCUT2D eigenvalue weighted by atomic mass is 10.1. The van der Waals surface area contributed by atoms with Gasteiger partial charge in [-0.1, -0.05) is 168 Å². The van der Waals surface area contributed by atoms with Crippen LogP contribution < -0.4 is 54.2 Å². The van der Waals surface area contributed by atoms with Crippen LogP contribution in [0.4, 0.5) is 35.1 Å². The third kappa shape index (κ3) is 18.5. The first-order valence-electron chi connectivity index (χ1n) is 39.8. The molecule has 8 aromatic heterocycles. The van der Waals surface area contributed by atoms with Crippen LogP contribution in [0.1, 0.15) is 38.9 Å². The number of alkyl halides is 6. The summed E-state index contributed by atoms with van der Waals surface area (Å²) in [7, 11) is 3.09. The van der Waals surface area contributed by atoms with Crippen molar-refractivity contribution in [1.82, 2.24) is 18.3 Å². The maximum Gasteiger partial charge on any atom is 0.417 e. The van der Waals surface area contributed by atoms with E-state index in [1.165, 1.54) is 69.3 Å². The molecule has 0 radical (unpaired) electrons. The minimum atomic E-state index is -4.69. The molecule has 0 bridgehead atoms. The van der Waals surface area contributed by atoms with Gasteiger partial charge in [-0.3, -0.25) is 19.2 Å². The Labute approximate surface area is 763 Å². The first kappa shape index (κ1) is 91.2. The minimum absolute atomic E-state index is 0.0170. The number of fused-ring (bicyclic) bond motifs is 12. The van der Waals surface area contributed by atoms with Crippen molar-refractivity contribution in [2.24, 2.45) is 0 Å². The Morgan fingerprint density at radius 1 is 0.361 bits per heavy atom. The monoisotopic (exact) mass is 1920 g/mol. The van der Waals surface area contributed by atoms with Crippen LogP contribution >= 0.6 is 51.2 Å². The van der Waals surface area contributed by atoms with E-state index in [4.69, 9.17) is 27.1 Å². The van der Waals surface area contributed by atoms with E-state index in [2.05, 4.69) is 15.9 Å². The summed E-state index contributed by atoms with van der Waals surface area (Å²) in [6.07, 6.45) is -9.21. The average Bonchev–Trinajstić information content (AvgIpc) is 0.749. The van der Waals surface area contributed by atoms with Gasteiger partial charge >= 0.3 is 34.9 Å². The molecule has 11 aromatic carbocycles. The molecule has 0 aliphatic heterocycles. The molecule has 0 unspecified atom stereocenters. The summed E-state index contributed by atoms with van der Waals surface area (Å²) < 4.78 is 144. The maximum absolute atomic E-state index is 13.8. The molecule has 0 spiro atoms. The van der Waals surface area contributed by atoms with Gasteiger partial charge in [-0.15, -0.1) is 0 Å². The standard InChI is InChI=1S/C27H18F3NO5S.C27H21NO5S.C26H15F4NO4S.C19H11BrFNO4/c1-35-19-12-6-2-8-15(19)14-31-18-11-5-3-9-16(18)23-21(25(31)33)22(32)24(26(34)36-23)37-20-13-7-4-10-17(20)27(28,29)30;1-16-10-12-19(13-11-16)34-25-23(29)22-24(33-27(25)31)20-8-3-4-9-21(20)28(26(22)30)15-17-6-5-7-18(14-17)32-2;27-16-5-3-4-14(12-16)13-31-19-7-2-1-6-18(19)22-20(24(31)33)21(32)23(25(34)35-22)36-17-10-8-15(9-11-17)26(28,29)30;20-15-16(23)14-17(26-19(15)25)12-6-1-2-7-13(12)22(18(14)24)9-10-4-3-5-11(21)8-10/h2-13,32H,14H2,1H3;3-14,29H,15H2,1-2H3;1-12,32H,13H2;1-8,23H,9H2. The van der Waals surface area contributed by atoms with Gasteiger partial charge in [-0.25, -0.2) is 28.0 Å². The van der Waals surface area contributed by atoms with Crippen LogP contribution in [0.2, 0.25) is 0 Å². The zero-order valence-corrected chi connectivity index (χ0v) is 73.2. The molecule has 670 valence electrons. The molecule has 22 nitrogen and oxygen atoms in total. The summed E-state index contributed by atoms with van der Waals surface area (Å²) in [5, 5.41) is 44.7. The average molecular weight is 1930 g/mol. The summed E-state index contributed by atoms with van der Waals surface area (Å²) in [5.41, 5.74) is -2.14. The molecule has 34 heteroatoms. The second-order valence-corrected chi connectivity index (χ2v) is 33.8. The van der Waals surface area contributed by atoms with Gasteiger partial charge in [0.2, 0.25) is 0 Å². The number of aromatic hydroxyl groups is 4. The first-order chi connectivity index (χ1) is 63.8.